The van der Waals surface area contributed by atoms with Gasteiger partial charge < -0.3 is 0 Å². The summed E-state index contributed by atoms with van der Waals surface area (Å²) in [5, 5.41) is 41.3. The molecule has 0 aromatic heterocycles. The molecule has 0 aromatic carbocycles. The van der Waals surface area contributed by atoms with E-state index in [1.165, 1.54) is 0 Å². The minimum absolute atomic E-state index is 0.00860. The van der Waals surface area contributed by atoms with Crippen molar-refractivity contribution in [2.45, 2.75) is 157 Å². The molecule has 248 valence electrons. The summed E-state index contributed by atoms with van der Waals surface area (Å²) in [6.07, 6.45) is 8.05. The predicted molar refractivity (Wildman–Crippen MR) is 163 cm³/mol. The Bertz CT molecular complexity index is 481. The summed E-state index contributed by atoms with van der Waals surface area (Å²) in [7, 11) is 0. The second kappa shape index (κ2) is 24.7. The molecule has 0 amide bonds. The van der Waals surface area contributed by atoms with Gasteiger partial charge in [0.1, 0.15) is 0 Å². The summed E-state index contributed by atoms with van der Waals surface area (Å²) in [6, 6.07) is 0. The van der Waals surface area contributed by atoms with Crippen LogP contribution in [0.5, 0.6) is 0 Å². The average Bonchev–Trinajstić information content (AvgIpc) is 2.96. The molecule has 0 bridgehead atoms. The van der Waals surface area contributed by atoms with Gasteiger partial charge >= 0.3 is 259 Å². The number of hydrogen-bond donors (Lipinski definition) is 4. The molecule has 0 aliphatic heterocycles. The molecule has 0 heterocycles. The molecule has 0 saturated carbocycles. The van der Waals surface area contributed by atoms with Gasteiger partial charge in [-0.15, -0.1) is 0 Å². The number of rotatable bonds is 28. The molecule has 0 aromatic rings. The van der Waals surface area contributed by atoms with Crippen molar-refractivity contribution in [1.82, 2.24) is 0 Å². The number of aliphatic hydroxyl groups excluding tert-OH is 4. The Morgan fingerprint density at radius 3 is 0.707 bits per heavy atom. The fourth-order valence-electron chi connectivity index (χ4n) is 5.65. The first-order valence-electron chi connectivity index (χ1n) is 16.9. The summed E-state index contributed by atoms with van der Waals surface area (Å²) < 4.78 is 28.3. The molecule has 8 unspecified atom stereocenters. The fourth-order valence-corrected chi connectivity index (χ4v) is 10.4. The van der Waals surface area contributed by atoms with Crippen molar-refractivity contribution in [3.63, 3.8) is 0 Å². The van der Waals surface area contributed by atoms with Gasteiger partial charge in [-0.25, -0.2) is 0 Å². The summed E-state index contributed by atoms with van der Waals surface area (Å²) in [4.78, 5) is 0. The van der Waals surface area contributed by atoms with Crippen LogP contribution in [0.25, 0.3) is 0 Å². The van der Waals surface area contributed by atoms with Gasteiger partial charge in [-0.2, -0.15) is 0 Å². The molecule has 0 saturated heterocycles. The first kappa shape index (κ1) is 41.4. The van der Waals surface area contributed by atoms with Crippen LogP contribution < -0.4 is 0 Å². The van der Waals surface area contributed by atoms with Crippen molar-refractivity contribution >= 4 is 0 Å². The maximum atomic E-state index is 10.3. The quantitative estimate of drug-likeness (QED) is 0.0715. The van der Waals surface area contributed by atoms with Crippen molar-refractivity contribution < 1.29 is 51.8 Å². The Labute approximate surface area is 258 Å². The van der Waals surface area contributed by atoms with Crippen LogP contribution in [0.3, 0.4) is 0 Å². The Morgan fingerprint density at radius 2 is 0.585 bits per heavy atom. The second-order valence-electron chi connectivity index (χ2n) is 11.7. The molecule has 4 N–H and O–H groups in total. The summed E-state index contributed by atoms with van der Waals surface area (Å²) >= 11 is -4.75. The van der Waals surface area contributed by atoms with Crippen molar-refractivity contribution in [2.24, 2.45) is 23.7 Å². The Kier molecular flexibility index (Phi) is 24.9. The van der Waals surface area contributed by atoms with E-state index in [2.05, 4.69) is 55.4 Å². The van der Waals surface area contributed by atoms with E-state index in [9.17, 15) is 20.4 Å². The molecule has 9 heteroatoms. The molecule has 0 radical (unpaired) electrons. The van der Waals surface area contributed by atoms with E-state index in [1.807, 2.05) is 0 Å². The first-order valence-corrected chi connectivity index (χ1v) is 19.5. The first-order chi connectivity index (χ1) is 19.8. The van der Waals surface area contributed by atoms with Gasteiger partial charge in [0.25, 0.3) is 0 Å². The van der Waals surface area contributed by atoms with Gasteiger partial charge in [0.15, 0.2) is 0 Å². The molecular formula is C32H68O8Ti. The normalized spacial score (nSPS) is 19.6. The van der Waals surface area contributed by atoms with Crippen LogP contribution in [-0.4, -0.2) is 71.3 Å². The third-order valence-corrected chi connectivity index (χ3v) is 12.3. The van der Waals surface area contributed by atoms with Crippen molar-refractivity contribution in [2.75, 3.05) is 26.4 Å². The Morgan fingerprint density at radius 1 is 0.390 bits per heavy atom. The molecule has 0 spiro atoms. The van der Waals surface area contributed by atoms with E-state index in [0.717, 1.165) is 77.0 Å². The summed E-state index contributed by atoms with van der Waals surface area (Å²) in [5.74, 6) is -0.411. The van der Waals surface area contributed by atoms with E-state index >= 15 is 0 Å². The van der Waals surface area contributed by atoms with Gasteiger partial charge in [0.05, 0.1) is 0 Å². The summed E-state index contributed by atoms with van der Waals surface area (Å²) in [6.45, 7) is 16.6. The van der Waals surface area contributed by atoms with Crippen LogP contribution in [0.1, 0.15) is 132 Å². The zero-order chi connectivity index (χ0) is 31.3. The SMILES string of the molecule is CCCC([O][Ti]([O]C(CCC)C(CC)CO)([O]C(CCC)C(CC)CO)[O]C(CCC)C(CC)CO)C(CC)CO. The summed E-state index contributed by atoms with van der Waals surface area (Å²) in [5.41, 5.74) is 0. The third-order valence-electron chi connectivity index (χ3n) is 8.61. The predicted octanol–water partition coefficient (Wildman–Crippen LogP) is 6.62. The maximum absolute atomic E-state index is 10.3. The molecule has 0 rings (SSSR count). The van der Waals surface area contributed by atoms with Crippen LogP contribution in [0.4, 0.5) is 0 Å². The van der Waals surface area contributed by atoms with Gasteiger partial charge in [-0.1, -0.05) is 0 Å². The van der Waals surface area contributed by atoms with Crippen molar-refractivity contribution in [1.29, 1.82) is 0 Å². The van der Waals surface area contributed by atoms with Gasteiger partial charge in [-0.05, 0) is 0 Å². The minimum atomic E-state index is -4.75. The standard InChI is InChI=1S/4C8H17O2.Ti/c4*1-3-5-8(10)7(4-2)6-9;/h4*7-9H,3-6H2,1-2H3;/q4*-1;+4. The van der Waals surface area contributed by atoms with Crippen LogP contribution in [0.2, 0.25) is 0 Å². The monoisotopic (exact) mass is 628 g/mol. The number of aliphatic hydroxyl groups is 4. The zero-order valence-corrected chi connectivity index (χ0v) is 29.4. The van der Waals surface area contributed by atoms with E-state index in [1.54, 1.807) is 0 Å². The molecule has 0 aliphatic rings. The molecular weight excluding hydrogens is 560 g/mol. The van der Waals surface area contributed by atoms with Crippen LogP contribution in [0, 0.1) is 23.7 Å². The average molecular weight is 629 g/mol. The van der Waals surface area contributed by atoms with E-state index in [0.29, 0.717) is 0 Å². The van der Waals surface area contributed by atoms with Gasteiger partial charge in [-0.3, -0.25) is 0 Å². The van der Waals surface area contributed by atoms with Crippen molar-refractivity contribution in [3.8, 4) is 0 Å². The van der Waals surface area contributed by atoms with E-state index in [-0.39, 0.29) is 74.5 Å². The molecule has 41 heavy (non-hydrogen) atoms. The van der Waals surface area contributed by atoms with Crippen LogP contribution >= 0.6 is 0 Å². The van der Waals surface area contributed by atoms with E-state index < -0.39 is 18.1 Å². The van der Waals surface area contributed by atoms with Crippen molar-refractivity contribution in [3.05, 3.63) is 0 Å². The van der Waals surface area contributed by atoms with Gasteiger partial charge in [0, 0.05) is 0 Å². The van der Waals surface area contributed by atoms with Gasteiger partial charge in [0.2, 0.25) is 0 Å². The number of hydrogen-bond acceptors (Lipinski definition) is 8. The van der Waals surface area contributed by atoms with Crippen LogP contribution in [0.15, 0.2) is 0 Å². The fraction of sp³-hybridized carbons (Fsp3) is 1.00. The molecule has 0 aliphatic carbocycles. The Hall–Kier alpha value is 0.394. The van der Waals surface area contributed by atoms with E-state index in [4.69, 9.17) is 13.3 Å². The van der Waals surface area contributed by atoms with Crippen LogP contribution in [-0.2, 0) is 31.4 Å². The topological polar surface area (TPSA) is 118 Å². The zero-order valence-electron chi connectivity index (χ0n) is 27.9. The molecule has 8 nitrogen and oxygen atoms in total. The third kappa shape index (κ3) is 14.4. The Balaban J connectivity index is 7.27. The molecule has 8 atom stereocenters. The molecule has 0 fully saturated rings. The second-order valence-corrected chi connectivity index (χ2v) is 14.7.